The van der Waals surface area contributed by atoms with E-state index in [0.717, 1.165) is 0 Å². The molecule has 0 atom stereocenters. The molecule has 3 rings (SSSR count). The van der Waals surface area contributed by atoms with Crippen molar-refractivity contribution in [1.29, 1.82) is 0 Å². The SMILES string of the molecule is C=CC.Cc1cc(C)cc(C)c1.Cc1cc(C)cc(C)c1.Cc1cc(C)cc(C)c1.[Sn]. The van der Waals surface area contributed by atoms with Gasteiger partial charge in [-0.2, -0.15) is 0 Å². The van der Waals surface area contributed by atoms with Gasteiger partial charge in [0.05, 0.1) is 0 Å². The van der Waals surface area contributed by atoms with E-state index in [9.17, 15) is 0 Å². The Hall–Kier alpha value is -1.80. The molecule has 1 heteroatoms. The molecule has 166 valence electrons. The molecule has 0 saturated carbocycles. The van der Waals surface area contributed by atoms with E-state index in [-0.39, 0.29) is 23.9 Å². The van der Waals surface area contributed by atoms with Crippen LogP contribution in [0, 0.1) is 62.3 Å². The molecule has 3 aromatic carbocycles. The van der Waals surface area contributed by atoms with E-state index in [2.05, 4.69) is 123 Å². The average molecular weight is 521 g/mol. The summed E-state index contributed by atoms with van der Waals surface area (Å²) >= 11 is 0. The van der Waals surface area contributed by atoms with Crippen LogP contribution >= 0.6 is 0 Å². The van der Waals surface area contributed by atoms with Gasteiger partial charge in [0.25, 0.3) is 0 Å². The van der Waals surface area contributed by atoms with E-state index >= 15 is 0 Å². The van der Waals surface area contributed by atoms with Gasteiger partial charge in [0.2, 0.25) is 0 Å². The van der Waals surface area contributed by atoms with E-state index in [1.807, 2.05) is 6.92 Å². The van der Waals surface area contributed by atoms with Gasteiger partial charge in [-0.1, -0.05) is 111 Å². The molecule has 0 heterocycles. The molecule has 0 bridgehead atoms. The summed E-state index contributed by atoms with van der Waals surface area (Å²) < 4.78 is 0. The van der Waals surface area contributed by atoms with E-state index in [1.54, 1.807) is 6.08 Å². The van der Waals surface area contributed by atoms with Gasteiger partial charge in [-0.3, -0.25) is 0 Å². The maximum atomic E-state index is 3.36. The number of rotatable bonds is 0. The molecule has 0 nitrogen and oxygen atoms in total. The molecular weight excluding hydrogens is 479 g/mol. The Morgan fingerprint density at radius 1 is 0.387 bits per heavy atom. The largest absolute Gasteiger partial charge is 0.103 e. The first-order valence-corrected chi connectivity index (χ1v) is 10.7. The second kappa shape index (κ2) is 16.8. The first-order chi connectivity index (χ1) is 14.0. The van der Waals surface area contributed by atoms with Crippen molar-refractivity contribution in [1.82, 2.24) is 0 Å². The maximum absolute atomic E-state index is 3.36. The number of aryl methyl sites for hydroxylation is 9. The summed E-state index contributed by atoms with van der Waals surface area (Å²) in [5.41, 5.74) is 12.2. The van der Waals surface area contributed by atoms with E-state index in [4.69, 9.17) is 0 Å². The molecule has 3 aromatic rings. The van der Waals surface area contributed by atoms with Gasteiger partial charge in [0.1, 0.15) is 0 Å². The van der Waals surface area contributed by atoms with Crippen molar-refractivity contribution in [2.45, 2.75) is 69.2 Å². The third-order valence-corrected chi connectivity index (χ3v) is 4.10. The minimum atomic E-state index is 0. The molecule has 0 aromatic heterocycles. The molecule has 0 aliphatic rings. The van der Waals surface area contributed by atoms with E-state index in [1.165, 1.54) is 50.1 Å². The van der Waals surface area contributed by atoms with Gasteiger partial charge in [-0.25, -0.2) is 0 Å². The molecule has 0 amide bonds. The van der Waals surface area contributed by atoms with Gasteiger partial charge < -0.3 is 0 Å². The first kappa shape index (κ1) is 31.4. The Morgan fingerprint density at radius 3 is 0.516 bits per heavy atom. The van der Waals surface area contributed by atoms with Gasteiger partial charge in [0.15, 0.2) is 0 Å². The van der Waals surface area contributed by atoms with Crippen LogP contribution in [0.25, 0.3) is 0 Å². The van der Waals surface area contributed by atoms with Crippen LogP contribution in [0.3, 0.4) is 0 Å². The summed E-state index contributed by atoms with van der Waals surface area (Å²) in [5, 5.41) is 0. The molecule has 0 fully saturated rings. The molecule has 4 radical (unpaired) electrons. The monoisotopic (exact) mass is 522 g/mol. The number of benzene rings is 3. The Labute approximate surface area is 209 Å². The normalized spacial score (nSPS) is 8.84. The van der Waals surface area contributed by atoms with Crippen LogP contribution in [-0.2, 0) is 0 Å². The molecule has 0 aliphatic heterocycles. The zero-order valence-corrected chi connectivity index (χ0v) is 24.3. The number of allylic oxidation sites excluding steroid dienone is 1. The Bertz CT molecular complexity index is 651. The summed E-state index contributed by atoms with van der Waals surface area (Å²) in [7, 11) is 0. The average Bonchev–Trinajstić information content (AvgIpc) is 2.52. The molecule has 0 unspecified atom stereocenters. The fraction of sp³-hybridized carbons (Fsp3) is 0.333. The van der Waals surface area contributed by atoms with E-state index in [0.29, 0.717) is 0 Å². The second-order valence-electron chi connectivity index (χ2n) is 8.40. The zero-order valence-electron chi connectivity index (χ0n) is 21.5. The van der Waals surface area contributed by atoms with Crippen LogP contribution in [0.4, 0.5) is 0 Å². The van der Waals surface area contributed by atoms with Gasteiger partial charge in [-0.05, 0) is 69.2 Å². The van der Waals surface area contributed by atoms with Crippen molar-refractivity contribution < 1.29 is 0 Å². The quantitative estimate of drug-likeness (QED) is 0.205. The second-order valence-corrected chi connectivity index (χ2v) is 8.40. The molecule has 31 heavy (non-hydrogen) atoms. The predicted molar refractivity (Wildman–Crippen MR) is 144 cm³/mol. The van der Waals surface area contributed by atoms with Gasteiger partial charge >= 0.3 is 0 Å². The van der Waals surface area contributed by atoms with Crippen LogP contribution in [0.1, 0.15) is 57.0 Å². The van der Waals surface area contributed by atoms with Crippen LogP contribution < -0.4 is 0 Å². The number of hydrogen-bond donors (Lipinski definition) is 0. The van der Waals surface area contributed by atoms with Crippen LogP contribution in [0.15, 0.2) is 67.3 Å². The predicted octanol–water partition coefficient (Wildman–Crippen LogP) is 8.65. The minimum Gasteiger partial charge on any atom is -0.103 e. The summed E-state index contributed by atoms with van der Waals surface area (Å²) in [6, 6.07) is 19.7. The molecule has 0 spiro atoms. The van der Waals surface area contributed by atoms with Gasteiger partial charge in [-0.15, -0.1) is 6.58 Å². The summed E-state index contributed by atoms with van der Waals surface area (Å²) in [5.74, 6) is 0. The molecular formula is C30H42Sn. The van der Waals surface area contributed by atoms with Crippen molar-refractivity contribution >= 4 is 23.9 Å². The van der Waals surface area contributed by atoms with Crippen molar-refractivity contribution in [3.8, 4) is 0 Å². The first-order valence-electron chi connectivity index (χ1n) is 10.7. The topological polar surface area (TPSA) is 0 Å². The van der Waals surface area contributed by atoms with Crippen molar-refractivity contribution in [3.05, 3.63) is 117 Å². The Kier molecular flexibility index (Phi) is 17.0. The Morgan fingerprint density at radius 2 is 0.452 bits per heavy atom. The fourth-order valence-electron chi connectivity index (χ4n) is 3.61. The van der Waals surface area contributed by atoms with Crippen molar-refractivity contribution in [3.63, 3.8) is 0 Å². The number of hydrogen-bond acceptors (Lipinski definition) is 0. The maximum Gasteiger partial charge on any atom is 0 e. The standard InChI is InChI=1S/3C9H12.C3H6.Sn/c3*1-7-4-8(2)6-9(3)5-7;1-3-2;/h3*4-6H,1-3H3;3H,1H2,2H3;. The summed E-state index contributed by atoms with van der Waals surface area (Å²) in [6.45, 7) is 24.4. The van der Waals surface area contributed by atoms with Crippen molar-refractivity contribution in [2.24, 2.45) is 0 Å². The van der Waals surface area contributed by atoms with E-state index < -0.39 is 0 Å². The Balaban J connectivity index is 0. The van der Waals surface area contributed by atoms with Crippen LogP contribution in [0.5, 0.6) is 0 Å². The summed E-state index contributed by atoms with van der Waals surface area (Å²) in [4.78, 5) is 0. The summed E-state index contributed by atoms with van der Waals surface area (Å²) in [6.07, 6.45) is 1.75. The third kappa shape index (κ3) is 16.5. The fourth-order valence-corrected chi connectivity index (χ4v) is 3.61. The minimum absolute atomic E-state index is 0. The van der Waals surface area contributed by atoms with Crippen LogP contribution in [-0.4, -0.2) is 23.9 Å². The van der Waals surface area contributed by atoms with Crippen molar-refractivity contribution in [2.75, 3.05) is 0 Å². The molecule has 0 N–H and O–H groups in total. The molecule has 0 saturated heterocycles. The third-order valence-electron chi connectivity index (χ3n) is 4.10. The smallest absolute Gasteiger partial charge is 0 e. The molecule has 0 aliphatic carbocycles. The zero-order chi connectivity index (χ0) is 23.3. The van der Waals surface area contributed by atoms with Crippen LogP contribution in [0.2, 0.25) is 0 Å². The van der Waals surface area contributed by atoms with Gasteiger partial charge in [0, 0.05) is 23.9 Å².